The van der Waals surface area contributed by atoms with Gasteiger partial charge >= 0.3 is 0 Å². The Hall–Kier alpha value is -1.48. The molecular formula is C12H12ClNO2. The van der Waals surface area contributed by atoms with Crippen LogP contribution < -0.4 is 5.32 Å². The minimum Gasteiger partial charge on any atom is -0.463 e. The van der Waals surface area contributed by atoms with Crippen molar-refractivity contribution >= 4 is 28.5 Å². The molecule has 1 N–H and O–H groups in total. The number of halogens is 1. The number of carbonyl (C=O) groups is 1. The maximum atomic E-state index is 11.9. The molecule has 2 aromatic rings. The second kappa shape index (κ2) is 4.18. The average molecular weight is 238 g/mol. The number of carbonyl (C=O) groups excluding carboxylic acids is 1. The van der Waals surface area contributed by atoms with Gasteiger partial charge in [0.2, 0.25) is 0 Å². The molecule has 0 unspecified atom stereocenters. The van der Waals surface area contributed by atoms with E-state index in [-0.39, 0.29) is 11.9 Å². The van der Waals surface area contributed by atoms with Crippen LogP contribution in [0.1, 0.15) is 24.2 Å². The Kier molecular flexibility index (Phi) is 2.88. The molecule has 0 radical (unpaired) electrons. The van der Waals surface area contributed by atoms with Crippen LogP contribution in [0, 0.1) is 0 Å². The van der Waals surface area contributed by atoms with Crippen molar-refractivity contribution < 1.29 is 9.21 Å². The zero-order valence-electron chi connectivity index (χ0n) is 9.08. The van der Waals surface area contributed by atoms with E-state index in [1.54, 1.807) is 18.2 Å². The van der Waals surface area contributed by atoms with Gasteiger partial charge in [0.1, 0.15) is 5.58 Å². The van der Waals surface area contributed by atoms with Gasteiger partial charge in [-0.3, -0.25) is 4.79 Å². The first-order valence-corrected chi connectivity index (χ1v) is 5.44. The monoisotopic (exact) mass is 237 g/mol. The molecule has 1 amide bonds. The second-order valence-corrected chi connectivity index (χ2v) is 4.29. The highest BCUT2D eigenvalue weighted by atomic mass is 35.5. The smallest absolute Gasteiger partial charge is 0.255 e. The van der Waals surface area contributed by atoms with Crippen LogP contribution in [0.2, 0.25) is 5.02 Å². The Morgan fingerprint density at radius 1 is 1.38 bits per heavy atom. The van der Waals surface area contributed by atoms with Crippen LogP contribution in [0.4, 0.5) is 0 Å². The van der Waals surface area contributed by atoms with Crippen molar-refractivity contribution in [3.63, 3.8) is 0 Å². The molecule has 1 heterocycles. The number of furan rings is 1. The molecule has 2 rings (SSSR count). The van der Waals surface area contributed by atoms with Crippen LogP contribution in [0.25, 0.3) is 11.0 Å². The van der Waals surface area contributed by atoms with Gasteiger partial charge < -0.3 is 9.73 Å². The van der Waals surface area contributed by atoms with Gasteiger partial charge in [0, 0.05) is 11.4 Å². The molecule has 0 aliphatic heterocycles. The largest absolute Gasteiger partial charge is 0.463 e. The molecule has 4 heteroatoms. The molecule has 0 aliphatic rings. The van der Waals surface area contributed by atoms with Gasteiger partial charge in [0.25, 0.3) is 5.91 Å². The third kappa shape index (κ3) is 1.91. The Morgan fingerprint density at radius 2 is 2.12 bits per heavy atom. The molecule has 0 saturated carbocycles. The van der Waals surface area contributed by atoms with Crippen molar-refractivity contribution in [3.05, 3.63) is 35.0 Å². The number of nitrogens with one attached hydrogen (secondary N) is 1. The number of hydrogen-bond donors (Lipinski definition) is 1. The lowest BCUT2D eigenvalue weighted by atomic mass is 10.1. The van der Waals surface area contributed by atoms with E-state index in [0.717, 1.165) is 5.39 Å². The Morgan fingerprint density at radius 3 is 2.81 bits per heavy atom. The zero-order valence-corrected chi connectivity index (χ0v) is 9.84. The normalized spacial score (nSPS) is 11.0. The minimum atomic E-state index is -0.147. The van der Waals surface area contributed by atoms with E-state index in [0.29, 0.717) is 16.2 Å². The first kappa shape index (κ1) is 11.0. The topological polar surface area (TPSA) is 42.2 Å². The molecular weight excluding hydrogens is 226 g/mol. The van der Waals surface area contributed by atoms with Crippen molar-refractivity contribution in [2.24, 2.45) is 0 Å². The van der Waals surface area contributed by atoms with Gasteiger partial charge in [-0.25, -0.2) is 0 Å². The summed E-state index contributed by atoms with van der Waals surface area (Å²) in [4.78, 5) is 11.9. The maximum Gasteiger partial charge on any atom is 0.255 e. The number of amides is 1. The zero-order chi connectivity index (χ0) is 11.7. The summed E-state index contributed by atoms with van der Waals surface area (Å²) in [6, 6.07) is 5.22. The van der Waals surface area contributed by atoms with Crippen molar-refractivity contribution in [2.45, 2.75) is 19.9 Å². The minimum absolute atomic E-state index is 0.0909. The van der Waals surface area contributed by atoms with E-state index in [2.05, 4.69) is 5.32 Å². The molecule has 0 atom stereocenters. The lowest BCUT2D eigenvalue weighted by molar-refractivity contribution is 0.0944. The maximum absolute atomic E-state index is 11.9. The number of benzene rings is 1. The third-order valence-corrected chi connectivity index (χ3v) is 2.56. The predicted molar refractivity (Wildman–Crippen MR) is 63.8 cm³/mol. The Balaban J connectivity index is 2.49. The van der Waals surface area contributed by atoms with Crippen molar-refractivity contribution in [1.82, 2.24) is 5.32 Å². The SMILES string of the molecule is CC(C)NC(=O)c1ccc(Cl)c2ccoc12. The Labute approximate surface area is 98.4 Å². The summed E-state index contributed by atoms with van der Waals surface area (Å²) < 4.78 is 5.29. The van der Waals surface area contributed by atoms with E-state index < -0.39 is 0 Å². The summed E-state index contributed by atoms with van der Waals surface area (Å²) in [5, 5.41) is 4.17. The number of hydrogen-bond acceptors (Lipinski definition) is 2. The molecule has 0 spiro atoms. The standard InChI is InChI=1S/C12H12ClNO2/c1-7(2)14-12(15)9-3-4-10(13)8-5-6-16-11(8)9/h3-7H,1-2H3,(H,14,15). The highest BCUT2D eigenvalue weighted by Gasteiger charge is 2.14. The van der Waals surface area contributed by atoms with Crippen LogP contribution in [-0.2, 0) is 0 Å². The van der Waals surface area contributed by atoms with E-state index in [4.69, 9.17) is 16.0 Å². The van der Waals surface area contributed by atoms with Crippen molar-refractivity contribution in [1.29, 1.82) is 0 Å². The summed E-state index contributed by atoms with van der Waals surface area (Å²) in [7, 11) is 0. The number of rotatable bonds is 2. The first-order valence-electron chi connectivity index (χ1n) is 5.06. The van der Waals surface area contributed by atoms with Crippen LogP contribution >= 0.6 is 11.6 Å². The van der Waals surface area contributed by atoms with Gasteiger partial charge in [0.15, 0.2) is 0 Å². The third-order valence-electron chi connectivity index (χ3n) is 2.23. The number of fused-ring (bicyclic) bond motifs is 1. The van der Waals surface area contributed by atoms with Crippen LogP contribution in [-0.4, -0.2) is 11.9 Å². The van der Waals surface area contributed by atoms with E-state index in [9.17, 15) is 4.79 Å². The van der Waals surface area contributed by atoms with Gasteiger partial charge in [0.05, 0.1) is 16.8 Å². The molecule has 84 valence electrons. The van der Waals surface area contributed by atoms with Crippen LogP contribution in [0.3, 0.4) is 0 Å². The van der Waals surface area contributed by atoms with E-state index in [1.165, 1.54) is 6.26 Å². The van der Waals surface area contributed by atoms with Gasteiger partial charge in [-0.15, -0.1) is 0 Å². The van der Waals surface area contributed by atoms with E-state index >= 15 is 0 Å². The molecule has 0 bridgehead atoms. The summed E-state index contributed by atoms with van der Waals surface area (Å²) in [6.45, 7) is 3.82. The first-order chi connectivity index (χ1) is 7.59. The summed E-state index contributed by atoms with van der Waals surface area (Å²) in [5.41, 5.74) is 1.05. The molecule has 0 aliphatic carbocycles. The lowest BCUT2D eigenvalue weighted by Gasteiger charge is -2.08. The quantitative estimate of drug-likeness (QED) is 0.871. The lowest BCUT2D eigenvalue weighted by Crippen LogP contribution is -2.30. The van der Waals surface area contributed by atoms with Gasteiger partial charge in [-0.2, -0.15) is 0 Å². The molecule has 0 fully saturated rings. The van der Waals surface area contributed by atoms with Crippen LogP contribution in [0.5, 0.6) is 0 Å². The molecule has 1 aromatic carbocycles. The van der Waals surface area contributed by atoms with Gasteiger partial charge in [-0.05, 0) is 32.0 Å². The van der Waals surface area contributed by atoms with Crippen LogP contribution in [0.15, 0.2) is 28.9 Å². The fourth-order valence-electron chi connectivity index (χ4n) is 1.55. The molecule has 3 nitrogen and oxygen atoms in total. The highest BCUT2D eigenvalue weighted by molar-refractivity contribution is 6.35. The molecule has 1 aromatic heterocycles. The summed E-state index contributed by atoms with van der Waals surface area (Å²) >= 11 is 5.99. The predicted octanol–water partition coefficient (Wildman–Crippen LogP) is 3.22. The fraction of sp³-hybridized carbons (Fsp3) is 0.250. The highest BCUT2D eigenvalue weighted by Crippen LogP contribution is 2.27. The summed E-state index contributed by atoms with van der Waals surface area (Å²) in [6.07, 6.45) is 1.53. The average Bonchev–Trinajstić information content (AvgIpc) is 2.66. The second-order valence-electron chi connectivity index (χ2n) is 3.89. The molecule has 16 heavy (non-hydrogen) atoms. The summed E-state index contributed by atoms with van der Waals surface area (Å²) in [5.74, 6) is -0.147. The fourth-order valence-corrected chi connectivity index (χ4v) is 1.76. The van der Waals surface area contributed by atoms with E-state index in [1.807, 2.05) is 13.8 Å². The molecule has 0 saturated heterocycles. The van der Waals surface area contributed by atoms with Crippen molar-refractivity contribution in [3.8, 4) is 0 Å². The van der Waals surface area contributed by atoms with Crippen molar-refractivity contribution in [2.75, 3.05) is 0 Å². The Bertz CT molecular complexity index is 531. The van der Waals surface area contributed by atoms with Gasteiger partial charge in [-0.1, -0.05) is 11.6 Å².